The molecule has 0 spiro atoms. The molecule has 0 atom stereocenters. The van der Waals surface area contributed by atoms with Gasteiger partial charge in [0.05, 0.1) is 23.8 Å². The summed E-state index contributed by atoms with van der Waals surface area (Å²) in [5.74, 6) is -0.174. The molecule has 1 aromatic carbocycles. The fourth-order valence-electron chi connectivity index (χ4n) is 2.28. The molecule has 2 aromatic heterocycles. The number of carboxylic acid groups (broad SMARTS) is 1. The van der Waals surface area contributed by atoms with Crippen LogP contribution < -0.4 is 5.32 Å². The van der Waals surface area contributed by atoms with Crippen molar-refractivity contribution in [1.82, 2.24) is 4.98 Å². The molecule has 128 valence electrons. The Bertz CT molecular complexity index is 833. The summed E-state index contributed by atoms with van der Waals surface area (Å²) in [5.41, 5.74) is 1.90. The second-order valence-corrected chi connectivity index (χ2v) is 6.43. The van der Waals surface area contributed by atoms with Gasteiger partial charge in [0.2, 0.25) is 0 Å². The van der Waals surface area contributed by atoms with E-state index in [-0.39, 0.29) is 0 Å². The third-order valence-electron chi connectivity index (χ3n) is 3.48. The molecule has 0 amide bonds. The number of carbonyl (C=O) groups is 1. The minimum atomic E-state index is -0.916. The van der Waals surface area contributed by atoms with Gasteiger partial charge < -0.3 is 15.2 Å². The molecular weight excluding hydrogens is 336 g/mol. The first kappa shape index (κ1) is 17.1. The van der Waals surface area contributed by atoms with E-state index < -0.39 is 5.97 Å². The van der Waals surface area contributed by atoms with Gasteiger partial charge in [0.15, 0.2) is 0 Å². The summed E-state index contributed by atoms with van der Waals surface area (Å²) in [6.07, 6.45) is 0. The fourth-order valence-corrected chi connectivity index (χ4v) is 3.09. The summed E-state index contributed by atoms with van der Waals surface area (Å²) in [6, 6.07) is 19.1. The van der Waals surface area contributed by atoms with Crippen molar-refractivity contribution in [3.8, 4) is 10.6 Å². The molecule has 3 rings (SSSR count). The molecule has 5 nitrogen and oxygen atoms in total. The van der Waals surface area contributed by atoms with Crippen LogP contribution in [0.2, 0.25) is 0 Å². The smallest absolute Gasteiger partial charge is 0.345 e. The van der Waals surface area contributed by atoms with Crippen LogP contribution in [-0.4, -0.2) is 29.2 Å². The van der Waals surface area contributed by atoms with Crippen LogP contribution in [0, 0.1) is 0 Å². The standard InChI is InChI=1S/C19H18N2O3S/c22-19(23)17-10-9-16(25-17)15-7-4-8-18(21-15)20-11-12-24-13-14-5-2-1-3-6-14/h1-10H,11-13H2,(H,20,21)(H,22,23). The summed E-state index contributed by atoms with van der Waals surface area (Å²) < 4.78 is 5.63. The van der Waals surface area contributed by atoms with E-state index >= 15 is 0 Å². The first-order valence-electron chi connectivity index (χ1n) is 7.88. The number of hydrogen-bond donors (Lipinski definition) is 2. The zero-order chi connectivity index (χ0) is 17.5. The van der Waals surface area contributed by atoms with Gasteiger partial charge in [-0.1, -0.05) is 36.4 Å². The van der Waals surface area contributed by atoms with Crippen LogP contribution >= 0.6 is 11.3 Å². The molecule has 0 radical (unpaired) electrons. The molecule has 0 saturated heterocycles. The maximum Gasteiger partial charge on any atom is 0.345 e. The number of hydrogen-bond acceptors (Lipinski definition) is 5. The lowest BCUT2D eigenvalue weighted by atomic mass is 10.2. The summed E-state index contributed by atoms with van der Waals surface area (Å²) in [4.78, 5) is 16.6. The van der Waals surface area contributed by atoms with Crippen LogP contribution in [0.25, 0.3) is 10.6 Å². The van der Waals surface area contributed by atoms with Crippen molar-refractivity contribution in [2.45, 2.75) is 6.61 Å². The largest absolute Gasteiger partial charge is 0.477 e. The van der Waals surface area contributed by atoms with Crippen molar-refractivity contribution in [1.29, 1.82) is 0 Å². The first-order valence-corrected chi connectivity index (χ1v) is 8.70. The van der Waals surface area contributed by atoms with E-state index in [9.17, 15) is 4.79 Å². The third-order valence-corrected chi connectivity index (χ3v) is 4.58. The van der Waals surface area contributed by atoms with Gasteiger partial charge in [0.25, 0.3) is 0 Å². The predicted molar refractivity (Wildman–Crippen MR) is 99.1 cm³/mol. The van der Waals surface area contributed by atoms with Gasteiger partial charge in [-0.3, -0.25) is 0 Å². The summed E-state index contributed by atoms with van der Waals surface area (Å²) in [7, 11) is 0. The molecule has 0 aliphatic carbocycles. The number of thiophene rings is 1. The van der Waals surface area contributed by atoms with Crippen LogP contribution in [0.15, 0.2) is 60.7 Å². The lowest BCUT2D eigenvalue weighted by molar-refractivity contribution is 0.0702. The Balaban J connectivity index is 1.50. The normalized spacial score (nSPS) is 10.6. The number of aromatic nitrogens is 1. The monoisotopic (exact) mass is 354 g/mol. The number of pyridine rings is 1. The average Bonchev–Trinajstić information content (AvgIpc) is 3.13. The van der Waals surface area contributed by atoms with E-state index in [4.69, 9.17) is 9.84 Å². The number of ether oxygens (including phenoxy) is 1. The molecule has 0 fully saturated rings. The molecule has 0 aliphatic rings. The maximum atomic E-state index is 11.0. The van der Waals surface area contributed by atoms with Crippen molar-refractivity contribution in [2.24, 2.45) is 0 Å². The lowest BCUT2D eigenvalue weighted by Crippen LogP contribution is -2.10. The topological polar surface area (TPSA) is 71.5 Å². The Morgan fingerprint density at radius 3 is 2.68 bits per heavy atom. The zero-order valence-electron chi connectivity index (χ0n) is 13.5. The van der Waals surface area contributed by atoms with E-state index in [1.165, 1.54) is 11.3 Å². The van der Waals surface area contributed by atoms with Crippen molar-refractivity contribution in [3.63, 3.8) is 0 Å². The van der Waals surface area contributed by atoms with E-state index in [0.717, 1.165) is 22.0 Å². The quantitative estimate of drug-likeness (QED) is 0.595. The van der Waals surface area contributed by atoms with Gasteiger partial charge in [-0.2, -0.15) is 0 Å². The zero-order valence-corrected chi connectivity index (χ0v) is 14.3. The molecule has 3 aromatic rings. The highest BCUT2D eigenvalue weighted by atomic mass is 32.1. The van der Waals surface area contributed by atoms with Crippen LogP contribution in [0.5, 0.6) is 0 Å². The van der Waals surface area contributed by atoms with E-state index in [1.807, 2.05) is 48.5 Å². The molecule has 0 unspecified atom stereocenters. The van der Waals surface area contributed by atoms with Crippen LogP contribution in [0.1, 0.15) is 15.2 Å². The Labute approximate surface area is 149 Å². The van der Waals surface area contributed by atoms with E-state index in [2.05, 4.69) is 10.3 Å². The van der Waals surface area contributed by atoms with Gasteiger partial charge >= 0.3 is 5.97 Å². The average molecular weight is 354 g/mol. The minimum absolute atomic E-state index is 0.310. The maximum absolute atomic E-state index is 11.0. The number of rotatable bonds is 8. The Morgan fingerprint density at radius 2 is 1.92 bits per heavy atom. The Kier molecular flexibility index (Phi) is 5.77. The minimum Gasteiger partial charge on any atom is -0.477 e. The number of nitrogens with one attached hydrogen (secondary N) is 1. The number of nitrogens with zero attached hydrogens (tertiary/aromatic N) is 1. The molecule has 0 aliphatic heterocycles. The first-order chi connectivity index (χ1) is 12.2. The molecule has 6 heteroatoms. The van der Waals surface area contributed by atoms with Gasteiger partial charge in [-0.05, 0) is 29.8 Å². The van der Waals surface area contributed by atoms with Gasteiger partial charge in [0, 0.05) is 6.54 Å². The van der Waals surface area contributed by atoms with Crippen LogP contribution in [0.4, 0.5) is 5.82 Å². The highest BCUT2D eigenvalue weighted by Crippen LogP contribution is 2.27. The second-order valence-electron chi connectivity index (χ2n) is 5.34. The van der Waals surface area contributed by atoms with E-state index in [1.54, 1.807) is 12.1 Å². The molecule has 0 saturated carbocycles. The number of aromatic carboxylic acids is 1. The predicted octanol–water partition coefficient (Wildman–Crippen LogP) is 4.14. The van der Waals surface area contributed by atoms with Crippen LogP contribution in [-0.2, 0) is 11.3 Å². The van der Waals surface area contributed by atoms with Gasteiger partial charge in [-0.25, -0.2) is 9.78 Å². The second kappa shape index (κ2) is 8.41. The molecule has 25 heavy (non-hydrogen) atoms. The van der Waals surface area contributed by atoms with Crippen molar-refractivity contribution in [3.05, 3.63) is 71.1 Å². The highest BCUT2D eigenvalue weighted by Gasteiger charge is 2.09. The fraction of sp³-hybridized carbons (Fsp3) is 0.158. The van der Waals surface area contributed by atoms with Crippen molar-refractivity contribution >= 4 is 23.1 Å². The number of benzene rings is 1. The number of anilines is 1. The summed E-state index contributed by atoms with van der Waals surface area (Å²) >= 11 is 1.22. The Morgan fingerprint density at radius 1 is 1.08 bits per heavy atom. The number of carboxylic acids is 1. The third kappa shape index (κ3) is 4.89. The van der Waals surface area contributed by atoms with Gasteiger partial charge in [-0.15, -0.1) is 11.3 Å². The summed E-state index contributed by atoms with van der Waals surface area (Å²) in [6.45, 7) is 1.81. The lowest BCUT2D eigenvalue weighted by Gasteiger charge is -2.08. The molecule has 2 heterocycles. The molecular formula is C19H18N2O3S. The van der Waals surface area contributed by atoms with Gasteiger partial charge in [0.1, 0.15) is 10.7 Å². The van der Waals surface area contributed by atoms with Crippen molar-refractivity contribution in [2.75, 3.05) is 18.5 Å². The SMILES string of the molecule is O=C(O)c1ccc(-c2cccc(NCCOCc3ccccc3)n2)s1. The van der Waals surface area contributed by atoms with Crippen molar-refractivity contribution < 1.29 is 14.6 Å². The van der Waals surface area contributed by atoms with Crippen LogP contribution in [0.3, 0.4) is 0 Å². The summed E-state index contributed by atoms with van der Waals surface area (Å²) in [5, 5.41) is 12.2. The highest BCUT2D eigenvalue weighted by molar-refractivity contribution is 7.17. The molecule has 0 bridgehead atoms. The Hall–Kier alpha value is -2.70. The molecule has 2 N–H and O–H groups in total. The van der Waals surface area contributed by atoms with E-state index in [0.29, 0.717) is 24.6 Å².